The maximum Gasteiger partial charge on any atom is 0.326 e. The summed E-state index contributed by atoms with van der Waals surface area (Å²) in [4.78, 5) is 14.6. The molecular weight excluding hydrogens is 320 g/mol. The number of aryl methyl sites for hydroxylation is 1. The molecule has 1 aliphatic heterocycles. The third-order valence-electron chi connectivity index (χ3n) is 4.07. The first-order valence-corrected chi connectivity index (χ1v) is 8.09. The monoisotopic (exact) mass is 342 g/mol. The van der Waals surface area contributed by atoms with Crippen molar-refractivity contribution in [2.75, 3.05) is 31.0 Å². The van der Waals surface area contributed by atoms with Crippen LogP contribution < -0.4 is 24.4 Å². The largest absolute Gasteiger partial charge is 0.497 e. The van der Waals surface area contributed by atoms with E-state index in [0.29, 0.717) is 29.5 Å². The first-order valence-electron chi connectivity index (χ1n) is 8.09. The van der Waals surface area contributed by atoms with Crippen molar-refractivity contribution in [3.05, 3.63) is 42.0 Å². The summed E-state index contributed by atoms with van der Waals surface area (Å²) in [7, 11) is 3.14. The summed E-state index contributed by atoms with van der Waals surface area (Å²) in [5.74, 6) is 1.92. The molecule has 2 aromatic carbocycles. The van der Waals surface area contributed by atoms with E-state index in [-0.39, 0.29) is 12.1 Å². The van der Waals surface area contributed by atoms with Crippen LogP contribution in [0.15, 0.2) is 36.4 Å². The van der Waals surface area contributed by atoms with Crippen LogP contribution in [0.1, 0.15) is 12.5 Å². The van der Waals surface area contributed by atoms with E-state index in [4.69, 9.17) is 14.2 Å². The fourth-order valence-electron chi connectivity index (χ4n) is 2.83. The molecule has 0 unspecified atom stereocenters. The second-order valence-corrected chi connectivity index (χ2v) is 6.01. The van der Waals surface area contributed by atoms with Crippen LogP contribution >= 0.6 is 0 Å². The first-order chi connectivity index (χ1) is 12.0. The van der Waals surface area contributed by atoms with Gasteiger partial charge in [0.1, 0.15) is 23.4 Å². The lowest BCUT2D eigenvalue weighted by atomic mass is 10.1. The summed E-state index contributed by atoms with van der Waals surface area (Å²) in [6.45, 7) is 4.39. The first kappa shape index (κ1) is 17.0. The molecule has 0 saturated heterocycles. The molecular formula is C19H22N2O4. The maximum absolute atomic E-state index is 12.9. The van der Waals surface area contributed by atoms with Gasteiger partial charge in [0.15, 0.2) is 0 Å². The summed E-state index contributed by atoms with van der Waals surface area (Å²) < 4.78 is 16.4. The molecule has 0 aliphatic carbocycles. The summed E-state index contributed by atoms with van der Waals surface area (Å²) in [6, 6.07) is 10.8. The van der Waals surface area contributed by atoms with Gasteiger partial charge in [-0.3, -0.25) is 4.90 Å². The van der Waals surface area contributed by atoms with E-state index in [1.165, 1.54) is 0 Å². The topological polar surface area (TPSA) is 60.0 Å². The predicted molar refractivity (Wildman–Crippen MR) is 97.2 cm³/mol. The Kier molecular flexibility index (Phi) is 4.70. The Hall–Kier alpha value is -2.89. The van der Waals surface area contributed by atoms with Crippen molar-refractivity contribution in [1.82, 2.24) is 0 Å². The number of hydrogen-bond acceptors (Lipinski definition) is 4. The van der Waals surface area contributed by atoms with Crippen LogP contribution in [0.5, 0.6) is 17.2 Å². The number of anilines is 2. The molecule has 6 nitrogen and oxygen atoms in total. The summed E-state index contributed by atoms with van der Waals surface area (Å²) in [6.07, 6.45) is -0.0897. The number of urea groups is 1. The van der Waals surface area contributed by atoms with Crippen molar-refractivity contribution < 1.29 is 19.0 Å². The normalized spacial score (nSPS) is 15.8. The fourth-order valence-corrected chi connectivity index (χ4v) is 2.83. The number of hydrogen-bond donors (Lipinski definition) is 1. The van der Waals surface area contributed by atoms with Gasteiger partial charge in [0.25, 0.3) is 0 Å². The second kappa shape index (κ2) is 6.93. The Morgan fingerprint density at radius 1 is 1.20 bits per heavy atom. The number of amides is 2. The van der Waals surface area contributed by atoms with Crippen LogP contribution in [0.25, 0.3) is 0 Å². The zero-order valence-corrected chi connectivity index (χ0v) is 14.8. The van der Waals surface area contributed by atoms with Gasteiger partial charge in [0.05, 0.1) is 32.1 Å². The van der Waals surface area contributed by atoms with Gasteiger partial charge >= 0.3 is 6.03 Å². The van der Waals surface area contributed by atoms with Gasteiger partial charge in [-0.2, -0.15) is 0 Å². The van der Waals surface area contributed by atoms with Crippen LogP contribution in [0.3, 0.4) is 0 Å². The summed E-state index contributed by atoms with van der Waals surface area (Å²) in [5, 5.41) is 2.91. The lowest BCUT2D eigenvalue weighted by molar-refractivity contribution is 0.208. The zero-order valence-electron chi connectivity index (χ0n) is 14.8. The van der Waals surface area contributed by atoms with Gasteiger partial charge in [-0.05, 0) is 43.7 Å². The number of methoxy groups -OCH3 is 2. The van der Waals surface area contributed by atoms with Crippen LogP contribution in [-0.4, -0.2) is 32.9 Å². The Morgan fingerprint density at radius 3 is 2.72 bits per heavy atom. The Balaban J connectivity index is 1.91. The van der Waals surface area contributed by atoms with Crippen molar-refractivity contribution >= 4 is 17.4 Å². The molecule has 0 spiro atoms. The maximum atomic E-state index is 12.9. The minimum atomic E-state index is -0.242. The van der Waals surface area contributed by atoms with Gasteiger partial charge in [-0.15, -0.1) is 0 Å². The van der Waals surface area contributed by atoms with E-state index in [0.717, 1.165) is 11.3 Å². The summed E-state index contributed by atoms with van der Waals surface area (Å²) >= 11 is 0. The molecule has 1 aliphatic rings. The van der Waals surface area contributed by atoms with Crippen LogP contribution in [0.2, 0.25) is 0 Å². The van der Waals surface area contributed by atoms with Crippen molar-refractivity contribution in [3.8, 4) is 17.2 Å². The van der Waals surface area contributed by atoms with Crippen molar-refractivity contribution in [3.63, 3.8) is 0 Å². The molecule has 1 atom stereocenters. The highest BCUT2D eigenvalue weighted by Crippen LogP contribution is 2.35. The second-order valence-electron chi connectivity index (χ2n) is 6.01. The lowest BCUT2D eigenvalue weighted by Crippen LogP contribution is -2.44. The SMILES string of the molecule is COc1ccc(OC)c(NC(=O)N2C[C@@H](C)Oc3ccc(C)cc32)c1. The molecule has 0 fully saturated rings. The van der Waals surface area contributed by atoms with Gasteiger partial charge in [0.2, 0.25) is 0 Å². The van der Waals surface area contributed by atoms with Crippen LogP contribution in [0.4, 0.5) is 16.2 Å². The quantitative estimate of drug-likeness (QED) is 0.921. The molecule has 0 radical (unpaired) electrons. The van der Waals surface area contributed by atoms with Gasteiger partial charge in [-0.25, -0.2) is 4.79 Å². The van der Waals surface area contributed by atoms with E-state index in [1.807, 2.05) is 32.0 Å². The smallest absolute Gasteiger partial charge is 0.326 e. The molecule has 0 aromatic heterocycles. The molecule has 1 heterocycles. The van der Waals surface area contributed by atoms with Gasteiger partial charge in [-0.1, -0.05) is 6.07 Å². The molecule has 6 heteroatoms. The van der Waals surface area contributed by atoms with Crippen LogP contribution in [0, 0.1) is 6.92 Å². The number of benzene rings is 2. The number of nitrogens with one attached hydrogen (secondary N) is 1. The number of nitrogens with zero attached hydrogens (tertiary/aromatic N) is 1. The standard InChI is InChI=1S/C19H22N2O4/c1-12-5-7-18-16(9-12)21(11-13(2)25-18)19(22)20-15-10-14(23-3)6-8-17(15)24-4/h5-10,13H,11H2,1-4H3,(H,20,22)/t13-/m1/s1. The number of fused-ring (bicyclic) bond motifs is 1. The number of carbonyl (C=O) groups is 1. The predicted octanol–water partition coefficient (Wildman–Crippen LogP) is 3.83. The van der Waals surface area contributed by atoms with Crippen molar-refractivity contribution in [1.29, 1.82) is 0 Å². The molecule has 132 valence electrons. The average molecular weight is 342 g/mol. The molecule has 2 amide bonds. The molecule has 2 aromatic rings. The third-order valence-corrected chi connectivity index (χ3v) is 4.07. The molecule has 0 bridgehead atoms. The summed E-state index contributed by atoms with van der Waals surface area (Å²) in [5.41, 5.74) is 2.38. The highest BCUT2D eigenvalue weighted by Gasteiger charge is 2.28. The van der Waals surface area contributed by atoms with Crippen LogP contribution in [-0.2, 0) is 0 Å². The average Bonchev–Trinajstić information content (AvgIpc) is 2.61. The molecule has 1 N–H and O–H groups in total. The third kappa shape index (κ3) is 3.47. The lowest BCUT2D eigenvalue weighted by Gasteiger charge is -2.33. The Morgan fingerprint density at radius 2 is 2.00 bits per heavy atom. The van der Waals surface area contributed by atoms with E-state index in [1.54, 1.807) is 37.3 Å². The highest BCUT2D eigenvalue weighted by molar-refractivity contribution is 6.04. The number of carbonyl (C=O) groups excluding carboxylic acids is 1. The fraction of sp³-hybridized carbons (Fsp3) is 0.316. The molecule has 3 rings (SSSR count). The van der Waals surface area contributed by atoms with Crippen molar-refractivity contribution in [2.45, 2.75) is 20.0 Å². The zero-order chi connectivity index (χ0) is 18.0. The Labute approximate surface area is 147 Å². The minimum absolute atomic E-state index is 0.0897. The van der Waals surface area contributed by atoms with Gasteiger partial charge in [0, 0.05) is 6.07 Å². The molecule has 25 heavy (non-hydrogen) atoms. The van der Waals surface area contributed by atoms with Gasteiger partial charge < -0.3 is 19.5 Å². The van der Waals surface area contributed by atoms with E-state index in [9.17, 15) is 4.79 Å². The van der Waals surface area contributed by atoms with E-state index >= 15 is 0 Å². The van der Waals surface area contributed by atoms with E-state index < -0.39 is 0 Å². The minimum Gasteiger partial charge on any atom is -0.497 e. The Bertz CT molecular complexity index is 791. The van der Waals surface area contributed by atoms with Crippen molar-refractivity contribution in [2.24, 2.45) is 0 Å². The number of rotatable bonds is 3. The molecule has 0 saturated carbocycles. The van der Waals surface area contributed by atoms with E-state index in [2.05, 4.69) is 5.32 Å². The highest BCUT2D eigenvalue weighted by atomic mass is 16.5. The number of ether oxygens (including phenoxy) is 3.